The molecular weight excluding hydrogens is 328 g/mol. The smallest absolute Gasteiger partial charge is 0.254 e. The van der Waals surface area contributed by atoms with E-state index in [2.05, 4.69) is 6.92 Å². The third-order valence-corrected chi connectivity index (χ3v) is 4.79. The Kier molecular flexibility index (Phi) is 5.91. The zero-order valence-corrected chi connectivity index (χ0v) is 15.4. The Morgan fingerprint density at radius 2 is 2.04 bits per heavy atom. The van der Waals surface area contributed by atoms with Gasteiger partial charge in [0.1, 0.15) is 5.75 Å². The van der Waals surface area contributed by atoms with E-state index in [0.29, 0.717) is 31.8 Å². The number of aryl methyl sites for hydroxylation is 1. The molecule has 0 saturated carbocycles. The number of ether oxygens (including phenoxy) is 2. The van der Waals surface area contributed by atoms with Crippen LogP contribution in [0.4, 0.5) is 0 Å². The van der Waals surface area contributed by atoms with E-state index in [-0.39, 0.29) is 12.0 Å². The van der Waals surface area contributed by atoms with Gasteiger partial charge in [0, 0.05) is 18.7 Å². The first-order chi connectivity index (χ1) is 12.6. The lowest BCUT2D eigenvalue weighted by molar-refractivity contribution is -0.0236. The number of methoxy groups -OCH3 is 1. The summed E-state index contributed by atoms with van der Waals surface area (Å²) < 4.78 is 10.9. The largest absolute Gasteiger partial charge is 0.497 e. The molecule has 0 spiro atoms. The summed E-state index contributed by atoms with van der Waals surface area (Å²) in [6, 6.07) is 13.8. The van der Waals surface area contributed by atoms with Gasteiger partial charge in [0.05, 0.1) is 19.8 Å². The fraction of sp³-hybridized carbons (Fsp3) is 0.381. The van der Waals surface area contributed by atoms with Crippen molar-refractivity contribution in [1.29, 1.82) is 0 Å². The van der Waals surface area contributed by atoms with Crippen molar-refractivity contribution >= 4 is 5.91 Å². The minimum absolute atomic E-state index is 0.0407. The fourth-order valence-electron chi connectivity index (χ4n) is 3.33. The second kappa shape index (κ2) is 8.34. The molecule has 0 aliphatic carbocycles. The Labute approximate surface area is 154 Å². The topological polar surface area (TPSA) is 64.8 Å². The van der Waals surface area contributed by atoms with Crippen LogP contribution in [-0.4, -0.2) is 50.3 Å². The van der Waals surface area contributed by atoms with Gasteiger partial charge in [-0.05, 0) is 60.8 Å². The highest BCUT2D eigenvalue weighted by molar-refractivity contribution is 5.94. The first-order valence-corrected chi connectivity index (χ1v) is 8.98. The van der Waals surface area contributed by atoms with Crippen LogP contribution in [-0.2, 0) is 4.74 Å². The molecule has 1 atom stereocenters. The molecule has 5 heteroatoms. The van der Waals surface area contributed by atoms with Crippen LogP contribution in [0.25, 0.3) is 11.1 Å². The Bertz CT molecular complexity index is 756. The predicted molar refractivity (Wildman–Crippen MR) is 102 cm³/mol. The van der Waals surface area contributed by atoms with Crippen molar-refractivity contribution in [3.05, 3.63) is 53.6 Å². The number of rotatable bonds is 5. The lowest BCUT2D eigenvalue weighted by Gasteiger charge is -2.33. The van der Waals surface area contributed by atoms with E-state index in [1.54, 1.807) is 7.11 Å². The number of nitrogens with zero attached hydrogens (tertiary/aromatic N) is 1. The van der Waals surface area contributed by atoms with E-state index < -0.39 is 0 Å². The van der Waals surface area contributed by atoms with Crippen molar-refractivity contribution in [3.8, 4) is 16.9 Å². The van der Waals surface area contributed by atoms with Crippen LogP contribution in [0.2, 0.25) is 0 Å². The molecule has 0 aromatic heterocycles. The SMILES string of the molecule is COc1ccc(-c2ccc(C(=O)N3CCOC(CCN)C3)cc2)c(C)c1. The number of morpholine rings is 1. The number of nitrogens with two attached hydrogens (primary N) is 1. The van der Waals surface area contributed by atoms with Gasteiger partial charge < -0.3 is 20.1 Å². The Hall–Kier alpha value is -2.37. The van der Waals surface area contributed by atoms with Gasteiger partial charge in [-0.1, -0.05) is 18.2 Å². The lowest BCUT2D eigenvalue weighted by Crippen LogP contribution is -2.46. The Morgan fingerprint density at radius 1 is 1.27 bits per heavy atom. The third kappa shape index (κ3) is 4.06. The zero-order chi connectivity index (χ0) is 18.5. The molecule has 2 aromatic rings. The van der Waals surface area contributed by atoms with Crippen LogP contribution >= 0.6 is 0 Å². The molecular formula is C21H26N2O3. The van der Waals surface area contributed by atoms with Crippen LogP contribution in [0, 0.1) is 6.92 Å². The molecule has 1 amide bonds. The summed E-state index contributed by atoms with van der Waals surface area (Å²) in [6.07, 6.45) is 0.818. The fourth-order valence-corrected chi connectivity index (χ4v) is 3.33. The van der Waals surface area contributed by atoms with E-state index in [4.69, 9.17) is 15.2 Å². The van der Waals surface area contributed by atoms with Crippen LogP contribution in [0.1, 0.15) is 22.3 Å². The van der Waals surface area contributed by atoms with Gasteiger partial charge in [0.25, 0.3) is 5.91 Å². The molecule has 1 unspecified atom stereocenters. The Morgan fingerprint density at radius 3 is 2.69 bits per heavy atom. The van der Waals surface area contributed by atoms with Crippen molar-refractivity contribution in [3.63, 3.8) is 0 Å². The molecule has 2 N–H and O–H groups in total. The van der Waals surface area contributed by atoms with E-state index in [1.807, 2.05) is 47.4 Å². The van der Waals surface area contributed by atoms with Crippen LogP contribution in [0.3, 0.4) is 0 Å². The summed E-state index contributed by atoms with van der Waals surface area (Å²) in [5, 5.41) is 0. The lowest BCUT2D eigenvalue weighted by atomic mass is 9.99. The summed E-state index contributed by atoms with van der Waals surface area (Å²) in [7, 11) is 1.67. The van der Waals surface area contributed by atoms with Gasteiger partial charge in [-0.3, -0.25) is 4.79 Å². The van der Waals surface area contributed by atoms with Gasteiger partial charge in [0.15, 0.2) is 0 Å². The summed E-state index contributed by atoms with van der Waals surface area (Å²) in [5.41, 5.74) is 9.67. The summed E-state index contributed by atoms with van der Waals surface area (Å²) in [5.74, 6) is 0.894. The number of carbonyl (C=O) groups excluding carboxylic acids is 1. The van der Waals surface area contributed by atoms with Crippen molar-refractivity contribution in [2.75, 3.05) is 33.4 Å². The Balaban J connectivity index is 1.74. The van der Waals surface area contributed by atoms with E-state index >= 15 is 0 Å². The summed E-state index contributed by atoms with van der Waals surface area (Å²) >= 11 is 0. The van der Waals surface area contributed by atoms with Gasteiger partial charge in [-0.25, -0.2) is 0 Å². The molecule has 2 aromatic carbocycles. The average molecular weight is 354 g/mol. The van der Waals surface area contributed by atoms with Crippen molar-refractivity contribution < 1.29 is 14.3 Å². The normalized spacial score (nSPS) is 17.2. The molecule has 26 heavy (non-hydrogen) atoms. The first kappa shape index (κ1) is 18.4. The van der Waals surface area contributed by atoms with Gasteiger partial charge in [-0.2, -0.15) is 0 Å². The number of hydrogen-bond acceptors (Lipinski definition) is 4. The highest BCUT2D eigenvalue weighted by atomic mass is 16.5. The highest BCUT2D eigenvalue weighted by Gasteiger charge is 2.24. The molecule has 1 saturated heterocycles. The molecule has 1 aliphatic heterocycles. The summed E-state index contributed by atoms with van der Waals surface area (Å²) in [4.78, 5) is 14.6. The molecule has 5 nitrogen and oxygen atoms in total. The van der Waals surface area contributed by atoms with Gasteiger partial charge >= 0.3 is 0 Å². The van der Waals surface area contributed by atoms with Gasteiger partial charge in [0.2, 0.25) is 0 Å². The highest BCUT2D eigenvalue weighted by Crippen LogP contribution is 2.27. The standard InChI is InChI=1S/C21H26N2O3/c1-15-13-18(25-2)7-8-20(15)16-3-5-17(6-4-16)21(24)23-11-12-26-19(14-23)9-10-22/h3-8,13,19H,9-12,14,22H2,1-2H3. The molecule has 0 bridgehead atoms. The number of benzene rings is 2. The molecule has 0 radical (unpaired) electrons. The van der Waals surface area contributed by atoms with Gasteiger partial charge in [-0.15, -0.1) is 0 Å². The van der Waals surface area contributed by atoms with E-state index in [9.17, 15) is 4.79 Å². The number of carbonyl (C=O) groups is 1. The van der Waals surface area contributed by atoms with E-state index in [0.717, 1.165) is 28.9 Å². The maximum absolute atomic E-state index is 12.8. The second-order valence-electron chi connectivity index (χ2n) is 6.58. The maximum Gasteiger partial charge on any atom is 0.254 e. The monoisotopic (exact) mass is 354 g/mol. The minimum Gasteiger partial charge on any atom is -0.497 e. The second-order valence-corrected chi connectivity index (χ2v) is 6.58. The van der Waals surface area contributed by atoms with Crippen molar-refractivity contribution in [2.45, 2.75) is 19.4 Å². The molecule has 1 aliphatic rings. The van der Waals surface area contributed by atoms with Crippen molar-refractivity contribution in [1.82, 2.24) is 4.90 Å². The molecule has 1 fully saturated rings. The zero-order valence-electron chi connectivity index (χ0n) is 15.4. The maximum atomic E-state index is 12.8. The third-order valence-electron chi connectivity index (χ3n) is 4.79. The van der Waals surface area contributed by atoms with E-state index in [1.165, 1.54) is 0 Å². The number of hydrogen-bond donors (Lipinski definition) is 1. The van der Waals surface area contributed by atoms with Crippen LogP contribution in [0.15, 0.2) is 42.5 Å². The summed E-state index contributed by atoms with van der Waals surface area (Å²) in [6.45, 7) is 4.43. The predicted octanol–water partition coefficient (Wildman–Crippen LogP) is 2.86. The molecule has 1 heterocycles. The molecule has 3 rings (SSSR count). The quantitative estimate of drug-likeness (QED) is 0.897. The van der Waals surface area contributed by atoms with Crippen LogP contribution in [0.5, 0.6) is 5.75 Å². The minimum atomic E-state index is 0.0407. The first-order valence-electron chi connectivity index (χ1n) is 8.98. The number of amides is 1. The average Bonchev–Trinajstić information content (AvgIpc) is 2.68. The van der Waals surface area contributed by atoms with Crippen molar-refractivity contribution in [2.24, 2.45) is 5.73 Å². The van der Waals surface area contributed by atoms with Crippen LogP contribution < -0.4 is 10.5 Å². The molecule has 138 valence electrons.